The van der Waals surface area contributed by atoms with E-state index in [0.29, 0.717) is 5.75 Å². The molecule has 0 amide bonds. The first-order valence-corrected chi connectivity index (χ1v) is 5.74. The maximum absolute atomic E-state index is 8.96. The molecule has 0 aromatic heterocycles. The van der Waals surface area contributed by atoms with Crippen LogP contribution in [-0.4, -0.2) is 16.3 Å². The van der Waals surface area contributed by atoms with E-state index in [1.807, 2.05) is 12.1 Å². The van der Waals surface area contributed by atoms with Gasteiger partial charge in [0.1, 0.15) is 5.75 Å². The van der Waals surface area contributed by atoms with Gasteiger partial charge in [-0.1, -0.05) is 40.2 Å². The molecule has 0 aliphatic heterocycles. The van der Waals surface area contributed by atoms with Gasteiger partial charge in [-0.2, -0.15) is 0 Å². The molecule has 2 rings (SSSR count). The van der Waals surface area contributed by atoms with E-state index in [1.165, 1.54) is 4.48 Å². The van der Waals surface area contributed by atoms with Gasteiger partial charge >= 0.3 is 0 Å². The van der Waals surface area contributed by atoms with Crippen LogP contribution >= 0.6 is 15.9 Å². The summed E-state index contributed by atoms with van der Waals surface area (Å²) < 4.78 is 1.24. The molecular formula is C12H15BrO2Y. The number of rotatable bonds is 0. The largest absolute Gasteiger partial charge is 0.508 e. The van der Waals surface area contributed by atoms with Gasteiger partial charge in [0.25, 0.3) is 0 Å². The van der Waals surface area contributed by atoms with Gasteiger partial charge in [0, 0.05) is 32.7 Å². The van der Waals surface area contributed by atoms with Crippen LogP contribution in [0.4, 0.5) is 0 Å². The van der Waals surface area contributed by atoms with Crippen LogP contribution in [0.25, 0.3) is 0 Å². The van der Waals surface area contributed by atoms with E-state index < -0.39 is 0 Å². The third-order valence-electron chi connectivity index (χ3n) is 2.08. The van der Waals surface area contributed by atoms with Crippen LogP contribution in [-0.2, 0) is 32.7 Å². The number of phenols is 1. The number of benzene rings is 1. The Kier molecular flexibility index (Phi) is 9.52. The van der Waals surface area contributed by atoms with Gasteiger partial charge in [-0.05, 0) is 35.9 Å². The average Bonchev–Trinajstić information content (AvgIpc) is 2.25. The van der Waals surface area contributed by atoms with E-state index in [2.05, 4.69) is 15.9 Å². The number of aromatic hydroxyl groups is 1. The molecule has 0 saturated carbocycles. The van der Waals surface area contributed by atoms with Crippen molar-refractivity contribution in [1.29, 1.82) is 0 Å². The van der Waals surface area contributed by atoms with Crippen LogP contribution in [0.15, 0.2) is 40.9 Å². The molecule has 2 nitrogen and oxygen atoms in total. The number of para-hydroxylation sites is 1. The van der Waals surface area contributed by atoms with E-state index in [1.54, 1.807) is 24.3 Å². The smallest absolute Gasteiger partial charge is 0.115 e. The molecular weight excluding hydrogens is 345 g/mol. The minimum absolute atomic E-state index is 0. The molecule has 85 valence electrons. The summed E-state index contributed by atoms with van der Waals surface area (Å²) in [4.78, 5) is 0. The van der Waals surface area contributed by atoms with Crippen molar-refractivity contribution in [3.8, 4) is 5.75 Å². The van der Waals surface area contributed by atoms with Crippen molar-refractivity contribution in [3.05, 3.63) is 40.9 Å². The Morgan fingerprint density at radius 2 is 1.81 bits per heavy atom. The molecule has 2 N–H and O–H groups in total. The second kappa shape index (κ2) is 9.35. The first kappa shape index (κ1) is 16.3. The summed E-state index contributed by atoms with van der Waals surface area (Å²) in [5, 5.41) is 17.6. The molecule has 0 fully saturated rings. The zero-order chi connectivity index (χ0) is 11.1. The van der Waals surface area contributed by atoms with Crippen molar-refractivity contribution in [1.82, 2.24) is 0 Å². The van der Waals surface area contributed by atoms with Gasteiger partial charge in [-0.25, -0.2) is 0 Å². The minimum Gasteiger partial charge on any atom is -0.508 e. The Balaban J connectivity index is 0.000000267. The SMILES string of the molecule is OC1CC=C(Br)CC1.Oc1ccccc1.[Y]. The zero-order valence-electron chi connectivity index (χ0n) is 9.01. The Bertz CT molecular complexity index is 314. The third kappa shape index (κ3) is 7.56. The molecule has 1 unspecified atom stereocenters. The number of allylic oxidation sites excluding steroid dienone is 1. The van der Waals surface area contributed by atoms with E-state index in [-0.39, 0.29) is 38.8 Å². The van der Waals surface area contributed by atoms with E-state index in [0.717, 1.165) is 19.3 Å². The topological polar surface area (TPSA) is 40.5 Å². The molecule has 1 aromatic carbocycles. The summed E-state index contributed by atoms with van der Waals surface area (Å²) in [5.74, 6) is 0.322. The van der Waals surface area contributed by atoms with Crippen molar-refractivity contribution in [2.24, 2.45) is 0 Å². The minimum atomic E-state index is -0.0868. The van der Waals surface area contributed by atoms with Gasteiger partial charge in [0.05, 0.1) is 6.10 Å². The van der Waals surface area contributed by atoms with Crippen molar-refractivity contribution >= 4 is 15.9 Å². The molecule has 1 aliphatic rings. The molecule has 1 aliphatic carbocycles. The fourth-order valence-corrected chi connectivity index (χ4v) is 1.63. The monoisotopic (exact) mass is 359 g/mol. The first-order valence-electron chi connectivity index (χ1n) is 4.95. The number of hydrogen-bond donors (Lipinski definition) is 2. The quantitative estimate of drug-likeness (QED) is 0.746. The van der Waals surface area contributed by atoms with Crippen LogP contribution in [0.2, 0.25) is 0 Å². The maximum Gasteiger partial charge on any atom is 0.115 e. The van der Waals surface area contributed by atoms with Crippen LogP contribution in [0.5, 0.6) is 5.75 Å². The van der Waals surface area contributed by atoms with Crippen LogP contribution in [0.1, 0.15) is 19.3 Å². The fourth-order valence-electron chi connectivity index (χ4n) is 1.22. The summed E-state index contributed by atoms with van der Waals surface area (Å²) in [6.45, 7) is 0. The second-order valence-electron chi connectivity index (χ2n) is 3.41. The molecule has 4 heteroatoms. The molecule has 0 heterocycles. The summed E-state index contributed by atoms with van der Waals surface area (Å²) in [6.07, 6.45) is 4.68. The van der Waals surface area contributed by atoms with Gasteiger partial charge in [0.2, 0.25) is 0 Å². The van der Waals surface area contributed by atoms with Crippen LogP contribution < -0.4 is 0 Å². The Hall–Kier alpha value is 0.304. The van der Waals surface area contributed by atoms with Crippen LogP contribution in [0.3, 0.4) is 0 Å². The summed E-state index contributed by atoms with van der Waals surface area (Å²) >= 11 is 3.37. The Morgan fingerprint density at radius 1 is 1.19 bits per heavy atom. The van der Waals surface area contributed by atoms with E-state index in [9.17, 15) is 0 Å². The number of aliphatic hydroxyl groups excluding tert-OH is 1. The zero-order valence-corrected chi connectivity index (χ0v) is 13.4. The van der Waals surface area contributed by atoms with E-state index >= 15 is 0 Å². The fraction of sp³-hybridized carbons (Fsp3) is 0.333. The average molecular weight is 360 g/mol. The first-order chi connectivity index (χ1) is 7.18. The normalized spacial score (nSPS) is 18.6. The van der Waals surface area contributed by atoms with Gasteiger partial charge in [0.15, 0.2) is 0 Å². The Morgan fingerprint density at radius 3 is 2.12 bits per heavy atom. The predicted octanol–water partition coefficient (Wildman–Crippen LogP) is 3.20. The standard InChI is InChI=1S/C6H9BrO.C6H6O.Y/c7-5-1-3-6(8)4-2-5;7-6-4-2-1-3-5-6;/h1,6,8H,2-4H2;1-5,7H;. The maximum atomic E-state index is 8.96. The summed E-state index contributed by atoms with van der Waals surface area (Å²) in [5.41, 5.74) is 0. The molecule has 1 aromatic rings. The third-order valence-corrected chi connectivity index (χ3v) is 2.80. The van der Waals surface area contributed by atoms with Crippen molar-refractivity contribution in [2.45, 2.75) is 25.4 Å². The molecule has 1 atom stereocenters. The summed E-state index contributed by atoms with van der Waals surface area (Å²) in [6, 6.07) is 8.71. The van der Waals surface area contributed by atoms with Crippen molar-refractivity contribution in [2.75, 3.05) is 0 Å². The predicted molar refractivity (Wildman–Crippen MR) is 65.0 cm³/mol. The van der Waals surface area contributed by atoms with Crippen molar-refractivity contribution < 1.29 is 42.9 Å². The van der Waals surface area contributed by atoms with Gasteiger partial charge in [-0.3, -0.25) is 0 Å². The van der Waals surface area contributed by atoms with Gasteiger partial charge < -0.3 is 10.2 Å². The molecule has 16 heavy (non-hydrogen) atoms. The number of hydrogen-bond acceptors (Lipinski definition) is 2. The Labute approximate surface area is 130 Å². The number of aliphatic hydroxyl groups is 1. The van der Waals surface area contributed by atoms with Crippen molar-refractivity contribution in [3.63, 3.8) is 0 Å². The molecule has 1 radical (unpaired) electrons. The van der Waals surface area contributed by atoms with Crippen LogP contribution in [0, 0.1) is 0 Å². The second-order valence-corrected chi connectivity index (χ2v) is 4.43. The van der Waals surface area contributed by atoms with Gasteiger partial charge in [-0.15, -0.1) is 0 Å². The molecule has 0 saturated heterocycles. The molecule has 0 bridgehead atoms. The number of halogens is 1. The number of phenolic OH excluding ortho intramolecular Hbond substituents is 1. The summed E-state index contributed by atoms with van der Waals surface area (Å²) in [7, 11) is 0. The van der Waals surface area contributed by atoms with E-state index in [4.69, 9.17) is 10.2 Å². The molecule has 0 spiro atoms.